The highest BCUT2D eigenvalue weighted by molar-refractivity contribution is 5.91. The van der Waals surface area contributed by atoms with Crippen molar-refractivity contribution in [3.8, 4) is 22.8 Å². The Morgan fingerprint density at radius 3 is 2.59 bits per heavy atom. The fraction of sp³-hybridized carbons (Fsp3) is 0.111. The molecule has 110 valence electrons. The lowest BCUT2D eigenvalue weighted by atomic mass is 10.1. The van der Waals surface area contributed by atoms with Gasteiger partial charge in [-0.15, -0.1) is 0 Å². The molecule has 0 N–H and O–H groups in total. The maximum atomic E-state index is 5.98. The molecule has 4 rings (SSSR count). The van der Waals surface area contributed by atoms with Crippen LogP contribution in [0.1, 0.15) is 0 Å². The van der Waals surface area contributed by atoms with Crippen molar-refractivity contribution in [2.45, 2.75) is 0 Å². The molecule has 0 atom stereocenters. The standard InChI is InChI=1S/C18H14O4/c1-19-14-5-3-4-11-8-15(22-18(11)14)12-9-16(20-2)13-6-7-21-17(13)10-12/h3-10H,1-2H3. The summed E-state index contributed by atoms with van der Waals surface area (Å²) in [7, 11) is 3.28. The van der Waals surface area contributed by atoms with Crippen LogP contribution >= 0.6 is 0 Å². The summed E-state index contributed by atoms with van der Waals surface area (Å²) in [6, 6.07) is 13.6. The van der Waals surface area contributed by atoms with Crippen molar-refractivity contribution in [2.75, 3.05) is 14.2 Å². The van der Waals surface area contributed by atoms with Crippen LogP contribution in [-0.4, -0.2) is 14.2 Å². The highest BCUT2D eigenvalue weighted by Crippen LogP contribution is 2.37. The minimum Gasteiger partial charge on any atom is -0.496 e. The number of para-hydroxylation sites is 1. The van der Waals surface area contributed by atoms with Crippen LogP contribution in [0.3, 0.4) is 0 Å². The van der Waals surface area contributed by atoms with E-state index in [1.165, 1.54) is 0 Å². The number of ether oxygens (including phenoxy) is 2. The molecule has 4 heteroatoms. The number of methoxy groups -OCH3 is 2. The Hall–Kier alpha value is -2.88. The number of benzene rings is 2. The normalized spacial score (nSPS) is 11.2. The van der Waals surface area contributed by atoms with E-state index >= 15 is 0 Å². The molecule has 2 aromatic carbocycles. The summed E-state index contributed by atoms with van der Waals surface area (Å²) < 4.78 is 22.3. The van der Waals surface area contributed by atoms with Crippen molar-refractivity contribution in [1.29, 1.82) is 0 Å². The fourth-order valence-electron chi connectivity index (χ4n) is 2.69. The number of hydrogen-bond donors (Lipinski definition) is 0. The van der Waals surface area contributed by atoms with Crippen LogP contribution in [0.5, 0.6) is 11.5 Å². The van der Waals surface area contributed by atoms with Crippen molar-refractivity contribution in [2.24, 2.45) is 0 Å². The summed E-state index contributed by atoms with van der Waals surface area (Å²) in [6.45, 7) is 0. The van der Waals surface area contributed by atoms with Crippen LogP contribution < -0.4 is 9.47 Å². The van der Waals surface area contributed by atoms with E-state index in [-0.39, 0.29) is 0 Å². The largest absolute Gasteiger partial charge is 0.496 e. The molecule has 2 aromatic heterocycles. The predicted molar refractivity (Wildman–Crippen MR) is 84.5 cm³/mol. The number of furan rings is 2. The highest BCUT2D eigenvalue weighted by atomic mass is 16.5. The number of rotatable bonds is 3. The average molecular weight is 294 g/mol. The lowest BCUT2D eigenvalue weighted by molar-refractivity contribution is 0.411. The molecule has 4 nitrogen and oxygen atoms in total. The summed E-state index contributed by atoms with van der Waals surface area (Å²) in [4.78, 5) is 0. The first-order chi connectivity index (χ1) is 10.8. The Bertz CT molecular complexity index is 962. The summed E-state index contributed by atoms with van der Waals surface area (Å²) in [6.07, 6.45) is 1.65. The van der Waals surface area contributed by atoms with Crippen LogP contribution in [0.2, 0.25) is 0 Å². The van der Waals surface area contributed by atoms with E-state index in [1.807, 2.05) is 42.5 Å². The van der Waals surface area contributed by atoms with E-state index in [0.29, 0.717) is 0 Å². The van der Waals surface area contributed by atoms with Gasteiger partial charge in [0, 0.05) is 10.9 Å². The van der Waals surface area contributed by atoms with Crippen LogP contribution in [-0.2, 0) is 0 Å². The zero-order valence-corrected chi connectivity index (χ0v) is 12.3. The van der Waals surface area contributed by atoms with Gasteiger partial charge >= 0.3 is 0 Å². The van der Waals surface area contributed by atoms with Gasteiger partial charge in [0.1, 0.15) is 17.1 Å². The van der Waals surface area contributed by atoms with Crippen LogP contribution in [0, 0.1) is 0 Å². The summed E-state index contributed by atoms with van der Waals surface area (Å²) >= 11 is 0. The molecule has 0 bridgehead atoms. The smallest absolute Gasteiger partial charge is 0.176 e. The first-order valence-corrected chi connectivity index (χ1v) is 6.92. The highest BCUT2D eigenvalue weighted by Gasteiger charge is 2.14. The molecule has 0 saturated heterocycles. The summed E-state index contributed by atoms with van der Waals surface area (Å²) in [5, 5.41) is 1.94. The molecule has 22 heavy (non-hydrogen) atoms. The SMILES string of the molecule is COc1cc(-c2cc3cccc(OC)c3o2)cc2occc12. The molecule has 0 saturated carbocycles. The monoisotopic (exact) mass is 294 g/mol. The van der Waals surface area contributed by atoms with Crippen molar-refractivity contribution in [3.63, 3.8) is 0 Å². The van der Waals surface area contributed by atoms with Crippen LogP contribution in [0.4, 0.5) is 0 Å². The molecule has 0 radical (unpaired) electrons. The summed E-state index contributed by atoms with van der Waals surface area (Å²) in [5.41, 5.74) is 2.40. The van der Waals surface area contributed by atoms with Gasteiger partial charge in [-0.1, -0.05) is 12.1 Å². The maximum absolute atomic E-state index is 5.98. The molecule has 4 aromatic rings. The van der Waals surface area contributed by atoms with Gasteiger partial charge in [-0.2, -0.15) is 0 Å². The molecular formula is C18H14O4. The second-order valence-corrected chi connectivity index (χ2v) is 5.00. The van der Waals surface area contributed by atoms with Gasteiger partial charge in [0.05, 0.1) is 25.9 Å². The Labute approximate surface area is 126 Å². The third-order valence-corrected chi connectivity index (χ3v) is 3.77. The number of hydrogen-bond acceptors (Lipinski definition) is 4. The molecule has 0 aliphatic rings. The van der Waals surface area contributed by atoms with Crippen LogP contribution in [0.15, 0.2) is 57.6 Å². The van der Waals surface area contributed by atoms with Gasteiger partial charge < -0.3 is 18.3 Å². The topological polar surface area (TPSA) is 44.7 Å². The summed E-state index contributed by atoms with van der Waals surface area (Å²) in [5.74, 6) is 2.22. The third-order valence-electron chi connectivity index (χ3n) is 3.77. The van der Waals surface area contributed by atoms with Gasteiger partial charge in [0.2, 0.25) is 0 Å². The second kappa shape index (κ2) is 4.84. The molecule has 0 amide bonds. The van der Waals surface area contributed by atoms with Gasteiger partial charge in [0.25, 0.3) is 0 Å². The van der Waals surface area contributed by atoms with E-state index in [1.54, 1.807) is 20.5 Å². The lowest BCUT2D eigenvalue weighted by Crippen LogP contribution is -1.84. The first kappa shape index (κ1) is 12.8. The predicted octanol–water partition coefficient (Wildman–Crippen LogP) is 4.86. The van der Waals surface area contributed by atoms with E-state index in [0.717, 1.165) is 44.8 Å². The Morgan fingerprint density at radius 2 is 1.77 bits per heavy atom. The van der Waals surface area contributed by atoms with E-state index in [2.05, 4.69) is 0 Å². The fourth-order valence-corrected chi connectivity index (χ4v) is 2.69. The Kier molecular flexibility index (Phi) is 2.82. The molecule has 0 aliphatic carbocycles. The third kappa shape index (κ3) is 1.84. The average Bonchev–Trinajstić information content (AvgIpc) is 3.19. The van der Waals surface area contributed by atoms with E-state index in [4.69, 9.17) is 18.3 Å². The van der Waals surface area contributed by atoms with Crippen LogP contribution in [0.25, 0.3) is 33.3 Å². The molecule has 2 heterocycles. The molecule has 0 unspecified atom stereocenters. The van der Waals surface area contributed by atoms with Gasteiger partial charge in [-0.25, -0.2) is 0 Å². The minimum atomic E-state index is 0.717. The zero-order valence-electron chi connectivity index (χ0n) is 12.3. The van der Waals surface area contributed by atoms with Crippen molar-refractivity contribution >= 4 is 21.9 Å². The first-order valence-electron chi connectivity index (χ1n) is 6.92. The molecule has 0 spiro atoms. The van der Waals surface area contributed by atoms with Crippen molar-refractivity contribution < 1.29 is 18.3 Å². The van der Waals surface area contributed by atoms with E-state index < -0.39 is 0 Å². The minimum absolute atomic E-state index is 0.717. The van der Waals surface area contributed by atoms with Gasteiger partial charge in [0.15, 0.2) is 11.3 Å². The second-order valence-electron chi connectivity index (χ2n) is 5.00. The van der Waals surface area contributed by atoms with E-state index in [9.17, 15) is 0 Å². The zero-order chi connectivity index (χ0) is 15.1. The molecule has 0 fully saturated rings. The Morgan fingerprint density at radius 1 is 0.909 bits per heavy atom. The lowest BCUT2D eigenvalue weighted by Gasteiger charge is -2.04. The van der Waals surface area contributed by atoms with Crippen molar-refractivity contribution in [3.05, 3.63) is 48.7 Å². The molecule has 0 aliphatic heterocycles. The quantitative estimate of drug-likeness (QED) is 0.541. The Balaban J connectivity index is 1.94. The van der Waals surface area contributed by atoms with Gasteiger partial charge in [-0.05, 0) is 30.3 Å². The van der Waals surface area contributed by atoms with Gasteiger partial charge in [-0.3, -0.25) is 0 Å². The molecular weight excluding hydrogens is 280 g/mol. The van der Waals surface area contributed by atoms with Crippen molar-refractivity contribution in [1.82, 2.24) is 0 Å². The number of fused-ring (bicyclic) bond motifs is 2. The maximum Gasteiger partial charge on any atom is 0.176 e.